The zero-order valence-corrected chi connectivity index (χ0v) is 11.8. The molecule has 19 heavy (non-hydrogen) atoms. The van der Waals surface area contributed by atoms with E-state index in [9.17, 15) is 0 Å². The summed E-state index contributed by atoms with van der Waals surface area (Å²) in [6.07, 6.45) is 2.81. The van der Waals surface area contributed by atoms with Crippen LogP contribution in [0.15, 0.2) is 47.3 Å². The minimum absolute atomic E-state index is 0.742. The molecular weight excluding hydrogens is 276 g/mol. The van der Waals surface area contributed by atoms with Crippen LogP contribution >= 0.6 is 22.9 Å². The molecule has 0 amide bonds. The van der Waals surface area contributed by atoms with Gasteiger partial charge in [-0.15, -0.1) is 0 Å². The second-order valence-corrected chi connectivity index (χ2v) is 5.49. The highest BCUT2D eigenvalue weighted by Gasteiger charge is 2.05. The molecule has 0 radical (unpaired) electrons. The molecule has 1 N–H and O–H groups in total. The Kier molecular flexibility index (Phi) is 3.67. The van der Waals surface area contributed by atoms with Gasteiger partial charge in [-0.1, -0.05) is 11.6 Å². The van der Waals surface area contributed by atoms with Crippen LogP contribution in [0, 0.1) is 0 Å². The van der Waals surface area contributed by atoms with Gasteiger partial charge in [0.1, 0.15) is 0 Å². The summed E-state index contributed by atoms with van der Waals surface area (Å²) in [5.74, 6) is 0. The lowest BCUT2D eigenvalue weighted by atomic mass is 10.2. The summed E-state index contributed by atoms with van der Waals surface area (Å²) in [7, 11) is 0. The third-order valence-corrected chi connectivity index (χ3v) is 4.09. The highest BCUT2D eigenvalue weighted by atomic mass is 35.5. The van der Waals surface area contributed by atoms with Crippen molar-refractivity contribution in [2.45, 2.75) is 6.42 Å². The summed E-state index contributed by atoms with van der Waals surface area (Å²) >= 11 is 7.91. The summed E-state index contributed by atoms with van der Waals surface area (Å²) < 4.78 is 0. The van der Waals surface area contributed by atoms with Gasteiger partial charge in [-0.3, -0.25) is 4.98 Å². The van der Waals surface area contributed by atoms with Crippen LogP contribution in [0.4, 0.5) is 5.69 Å². The van der Waals surface area contributed by atoms with Crippen LogP contribution < -0.4 is 5.32 Å². The fourth-order valence-electron chi connectivity index (χ4n) is 2.06. The van der Waals surface area contributed by atoms with Gasteiger partial charge >= 0.3 is 0 Å². The Morgan fingerprint density at radius 2 is 2.16 bits per heavy atom. The van der Waals surface area contributed by atoms with Gasteiger partial charge in [0, 0.05) is 18.1 Å². The maximum atomic E-state index is 6.18. The maximum absolute atomic E-state index is 6.18. The van der Waals surface area contributed by atoms with Gasteiger partial charge in [0.2, 0.25) is 0 Å². The number of fused-ring (bicyclic) bond motifs is 1. The largest absolute Gasteiger partial charge is 0.383 e. The lowest BCUT2D eigenvalue weighted by Gasteiger charge is -2.09. The monoisotopic (exact) mass is 288 g/mol. The standard InChI is InChI=1S/C15H13ClN2S/c16-13-3-4-14(15-12(13)2-1-7-18-15)17-8-5-11-6-9-19-10-11/h1-4,6-7,9-10,17H,5,8H2. The second-order valence-electron chi connectivity index (χ2n) is 4.30. The number of thiophene rings is 1. The predicted molar refractivity (Wildman–Crippen MR) is 83.3 cm³/mol. The Hall–Kier alpha value is -1.58. The number of hydrogen-bond donors (Lipinski definition) is 1. The molecule has 0 aliphatic rings. The zero-order valence-electron chi connectivity index (χ0n) is 10.3. The third kappa shape index (κ3) is 2.72. The third-order valence-electron chi connectivity index (χ3n) is 3.03. The minimum Gasteiger partial charge on any atom is -0.383 e. The fraction of sp³-hybridized carbons (Fsp3) is 0.133. The van der Waals surface area contributed by atoms with Gasteiger partial charge < -0.3 is 5.32 Å². The number of benzene rings is 1. The molecule has 0 aliphatic carbocycles. The quantitative estimate of drug-likeness (QED) is 0.759. The summed E-state index contributed by atoms with van der Waals surface area (Å²) in [6, 6.07) is 9.96. The van der Waals surface area contributed by atoms with E-state index in [0.717, 1.165) is 34.6 Å². The number of rotatable bonds is 4. The predicted octanol–water partition coefficient (Wildman–Crippen LogP) is 4.60. The molecule has 0 fully saturated rings. The van der Waals surface area contributed by atoms with Crippen molar-refractivity contribution in [3.8, 4) is 0 Å². The zero-order chi connectivity index (χ0) is 13.1. The maximum Gasteiger partial charge on any atom is 0.0948 e. The van der Waals surface area contributed by atoms with Crippen molar-refractivity contribution in [1.29, 1.82) is 0 Å². The van der Waals surface area contributed by atoms with Crippen molar-refractivity contribution in [1.82, 2.24) is 4.98 Å². The van der Waals surface area contributed by atoms with Crippen LogP contribution in [-0.4, -0.2) is 11.5 Å². The van der Waals surface area contributed by atoms with E-state index in [1.54, 1.807) is 17.5 Å². The van der Waals surface area contributed by atoms with Crippen molar-refractivity contribution in [3.05, 3.63) is 57.9 Å². The molecule has 0 unspecified atom stereocenters. The molecule has 96 valence electrons. The molecule has 4 heteroatoms. The van der Waals surface area contributed by atoms with Gasteiger partial charge in [-0.25, -0.2) is 0 Å². The van der Waals surface area contributed by atoms with Crippen molar-refractivity contribution in [2.24, 2.45) is 0 Å². The average molecular weight is 289 g/mol. The normalized spacial score (nSPS) is 10.8. The van der Waals surface area contributed by atoms with Crippen LogP contribution in [0.5, 0.6) is 0 Å². The van der Waals surface area contributed by atoms with E-state index >= 15 is 0 Å². The van der Waals surface area contributed by atoms with Gasteiger partial charge in [-0.2, -0.15) is 11.3 Å². The van der Waals surface area contributed by atoms with E-state index < -0.39 is 0 Å². The summed E-state index contributed by atoms with van der Waals surface area (Å²) in [6.45, 7) is 0.893. The van der Waals surface area contributed by atoms with E-state index in [-0.39, 0.29) is 0 Å². The van der Waals surface area contributed by atoms with Gasteiger partial charge in [0.15, 0.2) is 0 Å². The highest BCUT2D eigenvalue weighted by Crippen LogP contribution is 2.27. The Morgan fingerprint density at radius 1 is 1.21 bits per heavy atom. The van der Waals surface area contributed by atoms with Crippen molar-refractivity contribution >= 4 is 39.5 Å². The number of nitrogens with one attached hydrogen (secondary N) is 1. The van der Waals surface area contributed by atoms with Crippen LogP contribution in [-0.2, 0) is 6.42 Å². The van der Waals surface area contributed by atoms with Crippen LogP contribution in [0.2, 0.25) is 5.02 Å². The lowest BCUT2D eigenvalue weighted by molar-refractivity contribution is 1.03. The topological polar surface area (TPSA) is 24.9 Å². The number of nitrogens with zero attached hydrogens (tertiary/aromatic N) is 1. The minimum atomic E-state index is 0.742. The molecule has 2 heterocycles. The molecule has 0 aliphatic heterocycles. The van der Waals surface area contributed by atoms with Crippen molar-refractivity contribution in [2.75, 3.05) is 11.9 Å². The summed E-state index contributed by atoms with van der Waals surface area (Å²) in [5.41, 5.74) is 3.33. The molecule has 3 aromatic rings. The number of anilines is 1. The highest BCUT2D eigenvalue weighted by molar-refractivity contribution is 7.07. The van der Waals surface area contributed by atoms with E-state index in [1.807, 2.05) is 24.3 Å². The van der Waals surface area contributed by atoms with E-state index in [4.69, 9.17) is 11.6 Å². The number of aromatic nitrogens is 1. The first-order valence-corrected chi connectivity index (χ1v) is 7.45. The molecular formula is C15H13ClN2S. The Labute approximate surface area is 121 Å². The Morgan fingerprint density at radius 3 is 3.00 bits per heavy atom. The second kappa shape index (κ2) is 5.59. The van der Waals surface area contributed by atoms with Gasteiger partial charge in [0.25, 0.3) is 0 Å². The first-order valence-electron chi connectivity index (χ1n) is 6.13. The SMILES string of the molecule is Clc1ccc(NCCc2ccsc2)c2ncccc12. The summed E-state index contributed by atoms with van der Waals surface area (Å²) in [5, 5.41) is 9.46. The number of hydrogen-bond acceptors (Lipinski definition) is 3. The van der Waals surface area contributed by atoms with Crippen LogP contribution in [0.25, 0.3) is 10.9 Å². The van der Waals surface area contributed by atoms with Crippen LogP contribution in [0.3, 0.4) is 0 Å². The smallest absolute Gasteiger partial charge is 0.0948 e. The van der Waals surface area contributed by atoms with Crippen molar-refractivity contribution in [3.63, 3.8) is 0 Å². The Bertz CT molecular complexity index is 680. The fourth-order valence-corrected chi connectivity index (χ4v) is 2.98. The molecule has 0 atom stereocenters. The first-order chi connectivity index (χ1) is 9.34. The summed E-state index contributed by atoms with van der Waals surface area (Å²) in [4.78, 5) is 4.41. The van der Waals surface area contributed by atoms with E-state index in [1.165, 1.54) is 5.56 Å². The van der Waals surface area contributed by atoms with Gasteiger partial charge in [0.05, 0.1) is 16.2 Å². The molecule has 0 saturated carbocycles. The molecule has 3 rings (SSSR count). The molecule has 0 bridgehead atoms. The van der Waals surface area contributed by atoms with E-state index in [2.05, 4.69) is 27.1 Å². The number of halogens is 1. The molecule has 0 spiro atoms. The Balaban J connectivity index is 1.79. The van der Waals surface area contributed by atoms with E-state index in [0.29, 0.717) is 0 Å². The van der Waals surface area contributed by atoms with Crippen molar-refractivity contribution < 1.29 is 0 Å². The average Bonchev–Trinajstić information content (AvgIpc) is 2.95. The number of pyridine rings is 1. The molecule has 2 aromatic heterocycles. The van der Waals surface area contributed by atoms with Crippen LogP contribution in [0.1, 0.15) is 5.56 Å². The molecule has 2 nitrogen and oxygen atoms in total. The van der Waals surface area contributed by atoms with Gasteiger partial charge in [-0.05, 0) is 53.1 Å². The molecule has 0 saturated heterocycles. The lowest BCUT2D eigenvalue weighted by Crippen LogP contribution is -2.05. The molecule has 1 aromatic carbocycles. The first kappa shape index (κ1) is 12.5.